The molecule has 16 heteroatoms. The van der Waals surface area contributed by atoms with E-state index in [2.05, 4.69) is 9.47 Å². The first kappa shape index (κ1) is 32.1. The van der Waals surface area contributed by atoms with E-state index in [1.807, 2.05) is 0 Å². The lowest BCUT2D eigenvalue weighted by Gasteiger charge is -2.51. The molecule has 1 aliphatic rings. The van der Waals surface area contributed by atoms with Gasteiger partial charge in [-0.2, -0.15) is 52.7 Å². The maximum absolute atomic E-state index is 14.0. The third-order valence-corrected chi connectivity index (χ3v) is 6.64. The maximum atomic E-state index is 14.0. The second kappa shape index (κ2) is 10.1. The summed E-state index contributed by atoms with van der Waals surface area (Å²) in [6.07, 6.45) is -30.2. The summed E-state index contributed by atoms with van der Waals surface area (Å²) in [7, 11) is 0. The van der Waals surface area contributed by atoms with Crippen LogP contribution in [0.1, 0.15) is 53.4 Å². The molecule has 0 aliphatic heterocycles. The minimum Gasteiger partial charge on any atom is -0.439 e. The minimum atomic E-state index is -6.47. The van der Waals surface area contributed by atoms with Crippen molar-refractivity contribution in [2.24, 2.45) is 23.7 Å². The van der Waals surface area contributed by atoms with Crippen molar-refractivity contribution >= 4 is 11.9 Å². The Labute approximate surface area is 197 Å². The fourth-order valence-corrected chi connectivity index (χ4v) is 4.92. The van der Waals surface area contributed by atoms with E-state index >= 15 is 0 Å². The Bertz CT molecular complexity index is 708. The molecule has 212 valence electrons. The standard InChI is InChI=1S/C20H24F12O4/c1-5-9(2)12-6-13(15(17(21,22)23,18(24,25)26)35-10(3)33)8-14(7-12)16(19(27,28)29,20(30,31)32)36-11(4)34/h9,12-14H,5-8H2,1-4H3. The molecule has 1 aliphatic carbocycles. The molecule has 36 heavy (non-hydrogen) atoms. The number of halogens is 12. The van der Waals surface area contributed by atoms with Gasteiger partial charge in [-0.15, -0.1) is 0 Å². The van der Waals surface area contributed by atoms with Crippen LogP contribution < -0.4 is 0 Å². The van der Waals surface area contributed by atoms with E-state index in [-0.39, 0.29) is 20.3 Å². The number of esters is 2. The number of carbonyl (C=O) groups excluding carboxylic acids is 2. The van der Waals surface area contributed by atoms with E-state index < -0.39 is 90.8 Å². The Kier molecular flexibility index (Phi) is 9.02. The molecule has 0 bridgehead atoms. The summed E-state index contributed by atoms with van der Waals surface area (Å²) in [5, 5.41) is 0. The number of alkyl halides is 12. The quantitative estimate of drug-likeness (QED) is 0.263. The lowest BCUT2D eigenvalue weighted by Crippen LogP contribution is -2.69. The fraction of sp³-hybridized carbons (Fsp3) is 0.900. The Morgan fingerprint density at radius 3 is 1.14 bits per heavy atom. The van der Waals surface area contributed by atoms with Crippen LogP contribution in [0.25, 0.3) is 0 Å². The highest BCUT2D eigenvalue weighted by Crippen LogP contribution is 2.61. The first-order chi connectivity index (χ1) is 15.9. The number of rotatable bonds is 6. The van der Waals surface area contributed by atoms with Gasteiger partial charge < -0.3 is 9.47 Å². The molecular weight excluding hydrogens is 532 g/mol. The lowest BCUT2D eigenvalue weighted by molar-refractivity contribution is -0.405. The molecule has 0 spiro atoms. The zero-order chi connectivity index (χ0) is 28.7. The fourth-order valence-electron chi connectivity index (χ4n) is 4.92. The SMILES string of the molecule is CCC(C)C1CC(C(OC(C)=O)(C(F)(F)F)C(F)(F)F)CC(C(OC(C)=O)(C(F)(F)F)C(F)(F)F)C1. The molecule has 4 nitrogen and oxygen atoms in total. The Morgan fingerprint density at radius 1 is 0.667 bits per heavy atom. The van der Waals surface area contributed by atoms with Gasteiger partial charge in [0.2, 0.25) is 0 Å². The van der Waals surface area contributed by atoms with Crippen LogP contribution in [-0.4, -0.2) is 47.8 Å². The number of hydrogen-bond acceptors (Lipinski definition) is 4. The first-order valence-corrected chi connectivity index (χ1v) is 10.5. The van der Waals surface area contributed by atoms with Crippen LogP contribution in [0.2, 0.25) is 0 Å². The van der Waals surface area contributed by atoms with Crippen molar-refractivity contribution in [3.63, 3.8) is 0 Å². The summed E-state index contributed by atoms with van der Waals surface area (Å²) in [5.41, 5.74) is -10.8. The van der Waals surface area contributed by atoms with Crippen LogP contribution in [0.3, 0.4) is 0 Å². The zero-order valence-electron chi connectivity index (χ0n) is 19.3. The summed E-state index contributed by atoms with van der Waals surface area (Å²) in [6.45, 7) is 2.98. The van der Waals surface area contributed by atoms with Gasteiger partial charge in [0.15, 0.2) is 0 Å². The molecule has 0 saturated heterocycles. The van der Waals surface area contributed by atoms with Gasteiger partial charge in [-0.1, -0.05) is 20.3 Å². The Balaban J connectivity index is 4.03. The van der Waals surface area contributed by atoms with E-state index in [0.717, 1.165) is 0 Å². The molecule has 0 N–H and O–H groups in total. The number of carbonyl (C=O) groups is 2. The zero-order valence-corrected chi connectivity index (χ0v) is 19.3. The van der Waals surface area contributed by atoms with Crippen LogP contribution in [-0.2, 0) is 19.1 Å². The van der Waals surface area contributed by atoms with Crippen molar-refractivity contribution < 1.29 is 71.7 Å². The molecule has 1 rings (SSSR count). The molecule has 0 radical (unpaired) electrons. The molecule has 0 aromatic carbocycles. The summed E-state index contributed by atoms with van der Waals surface area (Å²) < 4.78 is 175. The topological polar surface area (TPSA) is 52.6 Å². The van der Waals surface area contributed by atoms with Crippen molar-refractivity contribution in [2.45, 2.75) is 89.3 Å². The van der Waals surface area contributed by atoms with Crippen molar-refractivity contribution in [1.82, 2.24) is 0 Å². The minimum absolute atomic E-state index is 0.0265. The van der Waals surface area contributed by atoms with E-state index in [4.69, 9.17) is 0 Å². The summed E-state index contributed by atoms with van der Waals surface area (Å²) in [6, 6.07) is 0. The van der Waals surface area contributed by atoms with Gasteiger partial charge in [0.1, 0.15) is 0 Å². The van der Waals surface area contributed by atoms with Gasteiger partial charge in [0.05, 0.1) is 0 Å². The molecule has 0 amide bonds. The molecule has 1 fully saturated rings. The molecule has 0 heterocycles. The average Bonchev–Trinajstić information content (AvgIpc) is 2.64. The van der Waals surface area contributed by atoms with Crippen LogP contribution in [0.4, 0.5) is 52.7 Å². The molecular formula is C20H24F12O4. The van der Waals surface area contributed by atoms with E-state index in [0.29, 0.717) is 0 Å². The second-order valence-corrected chi connectivity index (χ2v) is 8.90. The van der Waals surface area contributed by atoms with Crippen molar-refractivity contribution in [1.29, 1.82) is 0 Å². The predicted molar refractivity (Wildman–Crippen MR) is 97.0 cm³/mol. The predicted octanol–water partition coefficient (Wildman–Crippen LogP) is 6.92. The molecule has 3 unspecified atom stereocenters. The second-order valence-electron chi connectivity index (χ2n) is 8.90. The van der Waals surface area contributed by atoms with Gasteiger partial charge in [0.25, 0.3) is 0 Å². The van der Waals surface area contributed by atoms with Crippen LogP contribution in [0.5, 0.6) is 0 Å². The largest absolute Gasteiger partial charge is 0.439 e. The highest BCUT2D eigenvalue weighted by Gasteiger charge is 2.81. The van der Waals surface area contributed by atoms with Crippen LogP contribution in [0.15, 0.2) is 0 Å². The van der Waals surface area contributed by atoms with Gasteiger partial charge in [-0.05, 0) is 31.1 Å². The van der Waals surface area contributed by atoms with Crippen molar-refractivity contribution in [3.05, 3.63) is 0 Å². The normalized spacial score (nSPS) is 23.7. The van der Waals surface area contributed by atoms with Gasteiger partial charge >= 0.3 is 47.8 Å². The van der Waals surface area contributed by atoms with E-state index in [1.165, 1.54) is 13.8 Å². The van der Waals surface area contributed by atoms with Crippen LogP contribution in [0, 0.1) is 23.7 Å². The summed E-state index contributed by atoms with van der Waals surface area (Å²) in [4.78, 5) is 22.7. The van der Waals surface area contributed by atoms with E-state index in [9.17, 15) is 62.3 Å². The van der Waals surface area contributed by atoms with Gasteiger partial charge in [0, 0.05) is 25.7 Å². The molecule has 1 saturated carbocycles. The van der Waals surface area contributed by atoms with Crippen molar-refractivity contribution in [3.8, 4) is 0 Å². The van der Waals surface area contributed by atoms with Gasteiger partial charge in [-0.3, -0.25) is 9.59 Å². The molecule has 3 atom stereocenters. The monoisotopic (exact) mass is 556 g/mol. The highest BCUT2D eigenvalue weighted by atomic mass is 19.4. The average molecular weight is 556 g/mol. The highest BCUT2D eigenvalue weighted by molar-refractivity contribution is 5.67. The van der Waals surface area contributed by atoms with Crippen molar-refractivity contribution in [2.75, 3.05) is 0 Å². The van der Waals surface area contributed by atoms with Gasteiger partial charge in [-0.25, -0.2) is 0 Å². The Hall–Kier alpha value is -1.90. The summed E-state index contributed by atoms with van der Waals surface area (Å²) in [5.74, 6) is -12.9. The third-order valence-electron chi connectivity index (χ3n) is 6.64. The smallest absolute Gasteiger partial charge is 0.437 e. The summed E-state index contributed by atoms with van der Waals surface area (Å²) >= 11 is 0. The maximum Gasteiger partial charge on any atom is 0.437 e. The van der Waals surface area contributed by atoms with Crippen LogP contribution >= 0.6 is 0 Å². The number of ether oxygens (including phenoxy) is 2. The molecule has 0 aromatic rings. The molecule has 0 aromatic heterocycles. The lowest BCUT2D eigenvalue weighted by atomic mass is 9.60. The number of hydrogen-bond donors (Lipinski definition) is 0. The van der Waals surface area contributed by atoms with E-state index in [1.54, 1.807) is 0 Å². The first-order valence-electron chi connectivity index (χ1n) is 10.5. The Morgan fingerprint density at radius 2 is 0.944 bits per heavy atom. The third kappa shape index (κ3) is 5.65.